The van der Waals surface area contributed by atoms with Gasteiger partial charge in [0.2, 0.25) is 0 Å². The van der Waals surface area contributed by atoms with E-state index in [9.17, 15) is 39.6 Å². The monoisotopic (exact) mass is 593 g/mol. The van der Waals surface area contributed by atoms with Gasteiger partial charge in [-0.2, -0.15) is 0 Å². The van der Waals surface area contributed by atoms with Gasteiger partial charge >= 0.3 is 23.7 Å². The molecular weight excluding hydrogens is 562 g/mol. The number of amides is 1. The number of carboxylic acids is 3. The van der Waals surface area contributed by atoms with E-state index in [1.807, 2.05) is 36.4 Å². The van der Waals surface area contributed by atoms with Gasteiger partial charge in [0.15, 0.2) is 17.6 Å². The van der Waals surface area contributed by atoms with Crippen molar-refractivity contribution >= 4 is 23.8 Å². The summed E-state index contributed by atoms with van der Waals surface area (Å²) in [7, 11) is 0. The summed E-state index contributed by atoms with van der Waals surface area (Å²) in [4.78, 5) is 49.7. The van der Waals surface area contributed by atoms with Crippen LogP contribution in [0.15, 0.2) is 78.9 Å². The van der Waals surface area contributed by atoms with Gasteiger partial charge in [0.05, 0.1) is 6.61 Å². The van der Waals surface area contributed by atoms with Crippen molar-refractivity contribution in [1.29, 1.82) is 0 Å². The summed E-state index contributed by atoms with van der Waals surface area (Å²) >= 11 is 0. The molecule has 12 heteroatoms. The molecule has 12 nitrogen and oxygen atoms in total. The molecule has 0 saturated carbocycles. The second-order valence-electron chi connectivity index (χ2n) is 10.0. The molecule has 4 N–H and O–H groups in total. The number of hydrogen-bond acceptors (Lipinski definition) is 8. The number of rotatable bonds is 13. The van der Waals surface area contributed by atoms with Crippen LogP contribution in [0.5, 0.6) is 17.2 Å². The zero-order valence-electron chi connectivity index (χ0n) is 23.2. The standard InChI is InChI=1S/C31H31NO11/c1-19(32(17-27(34)35)28(36)26-18-41-31(43-26,29(37)38)30(39)40)23(14-12-20-8-4-2-5-9-20)21-13-15-25(24(33)16-21)42-22-10-6-3-7-11-22/h2-11,13,15-16,19,23,26,33H,12,14,17-18H2,1H3,(H,34,35)(H,37,38)(H,39,40). The number of carbonyl (C=O) groups excluding carboxylic acids is 1. The Kier molecular flexibility index (Phi) is 9.63. The van der Waals surface area contributed by atoms with Crippen LogP contribution in [0, 0.1) is 0 Å². The molecule has 1 saturated heterocycles. The van der Waals surface area contributed by atoms with Gasteiger partial charge in [-0.3, -0.25) is 9.59 Å². The highest BCUT2D eigenvalue weighted by Crippen LogP contribution is 2.37. The summed E-state index contributed by atoms with van der Waals surface area (Å²) in [6.45, 7) is 0.136. The van der Waals surface area contributed by atoms with Crippen molar-refractivity contribution in [2.45, 2.75) is 43.6 Å². The highest BCUT2D eigenvalue weighted by Gasteiger charge is 2.58. The minimum Gasteiger partial charge on any atom is -0.504 e. The third-order valence-corrected chi connectivity index (χ3v) is 7.22. The molecule has 3 atom stereocenters. The molecule has 1 aliphatic heterocycles. The first-order valence-electron chi connectivity index (χ1n) is 13.4. The van der Waals surface area contributed by atoms with Crippen LogP contribution in [0.1, 0.15) is 30.4 Å². The highest BCUT2D eigenvalue weighted by molar-refractivity contribution is 6.01. The molecule has 226 valence electrons. The maximum Gasteiger partial charge on any atom is 0.377 e. The zero-order valence-corrected chi connectivity index (χ0v) is 23.2. The van der Waals surface area contributed by atoms with Crippen LogP contribution in [-0.4, -0.2) is 80.2 Å². The molecular formula is C31H31NO11. The number of benzene rings is 3. The van der Waals surface area contributed by atoms with Crippen LogP contribution >= 0.6 is 0 Å². The van der Waals surface area contributed by atoms with E-state index in [2.05, 4.69) is 0 Å². The molecule has 0 spiro atoms. The number of carboxylic acid groups (broad SMARTS) is 3. The van der Waals surface area contributed by atoms with Gasteiger partial charge in [0.1, 0.15) is 12.3 Å². The molecule has 3 aromatic rings. The third-order valence-electron chi connectivity index (χ3n) is 7.22. The van der Waals surface area contributed by atoms with E-state index in [1.165, 1.54) is 6.07 Å². The lowest BCUT2D eigenvalue weighted by atomic mass is 9.85. The Morgan fingerprint density at radius 3 is 2.14 bits per heavy atom. The molecule has 1 heterocycles. The summed E-state index contributed by atoms with van der Waals surface area (Å²) < 4.78 is 15.8. The Bertz CT molecular complexity index is 1450. The number of hydrogen-bond donors (Lipinski definition) is 4. The number of aryl methyl sites for hydroxylation is 1. The van der Waals surface area contributed by atoms with E-state index in [0.29, 0.717) is 24.2 Å². The molecule has 3 unspecified atom stereocenters. The fourth-order valence-electron chi connectivity index (χ4n) is 4.99. The first-order chi connectivity index (χ1) is 20.5. The van der Waals surface area contributed by atoms with Crippen molar-refractivity contribution in [3.8, 4) is 17.2 Å². The lowest BCUT2D eigenvalue weighted by Gasteiger charge is -2.35. The van der Waals surface area contributed by atoms with E-state index >= 15 is 0 Å². The quantitative estimate of drug-likeness (QED) is 0.213. The van der Waals surface area contributed by atoms with Crippen molar-refractivity contribution in [1.82, 2.24) is 4.90 Å². The van der Waals surface area contributed by atoms with E-state index in [1.54, 1.807) is 43.3 Å². The Labute approximate surface area is 246 Å². The van der Waals surface area contributed by atoms with Gasteiger partial charge in [-0.15, -0.1) is 0 Å². The summed E-state index contributed by atoms with van der Waals surface area (Å²) in [6.07, 6.45) is -0.722. The van der Waals surface area contributed by atoms with E-state index in [0.717, 1.165) is 10.5 Å². The molecule has 1 aliphatic rings. The van der Waals surface area contributed by atoms with Gasteiger partial charge in [0, 0.05) is 12.0 Å². The summed E-state index contributed by atoms with van der Waals surface area (Å²) in [5, 5.41) is 39.3. The molecule has 1 fully saturated rings. The number of para-hydroxylation sites is 1. The lowest BCUT2D eigenvalue weighted by Crippen LogP contribution is -2.52. The van der Waals surface area contributed by atoms with Crippen molar-refractivity contribution in [3.05, 3.63) is 90.0 Å². The third kappa shape index (κ3) is 7.11. The van der Waals surface area contributed by atoms with Crippen LogP contribution in [0.2, 0.25) is 0 Å². The van der Waals surface area contributed by atoms with Crippen molar-refractivity contribution in [3.63, 3.8) is 0 Å². The summed E-state index contributed by atoms with van der Waals surface area (Å²) in [6, 6.07) is 22.3. The van der Waals surface area contributed by atoms with Gasteiger partial charge in [-0.25, -0.2) is 9.59 Å². The molecule has 0 aliphatic carbocycles. The minimum absolute atomic E-state index is 0.172. The Morgan fingerprint density at radius 1 is 0.953 bits per heavy atom. The van der Waals surface area contributed by atoms with E-state index < -0.39 is 60.8 Å². The average molecular weight is 594 g/mol. The molecule has 3 aromatic carbocycles. The summed E-state index contributed by atoms with van der Waals surface area (Å²) in [5.41, 5.74) is 1.57. The Morgan fingerprint density at radius 2 is 1.58 bits per heavy atom. The maximum absolute atomic E-state index is 13.6. The number of aliphatic carboxylic acids is 3. The topological polar surface area (TPSA) is 180 Å². The van der Waals surface area contributed by atoms with Crippen molar-refractivity contribution in [2.75, 3.05) is 13.2 Å². The largest absolute Gasteiger partial charge is 0.504 e. The molecule has 0 aromatic heterocycles. The molecule has 0 bridgehead atoms. The maximum atomic E-state index is 13.6. The number of carbonyl (C=O) groups is 4. The normalized spacial score (nSPS) is 17.0. The van der Waals surface area contributed by atoms with Gasteiger partial charge in [0.25, 0.3) is 5.91 Å². The van der Waals surface area contributed by atoms with Crippen LogP contribution < -0.4 is 4.74 Å². The number of nitrogens with zero attached hydrogens (tertiary/aromatic N) is 1. The average Bonchev–Trinajstić information content (AvgIpc) is 3.45. The minimum atomic E-state index is -3.09. The lowest BCUT2D eigenvalue weighted by molar-refractivity contribution is -0.218. The molecule has 43 heavy (non-hydrogen) atoms. The predicted molar refractivity (Wildman–Crippen MR) is 150 cm³/mol. The number of aromatic hydroxyl groups is 1. The van der Waals surface area contributed by atoms with E-state index in [-0.39, 0.29) is 11.5 Å². The number of ether oxygens (including phenoxy) is 3. The molecule has 4 rings (SSSR count). The van der Waals surface area contributed by atoms with Crippen molar-refractivity contribution in [2.24, 2.45) is 0 Å². The van der Waals surface area contributed by atoms with Crippen molar-refractivity contribution < 1.29 is 53.8 Å². The van der Waals surface area contributed by atoms with Crippen LogP contribution in [-0.2, 0) is 35.1 Å². The fourth-order valence-corrected chi connectivity index (χ4v) is 4.99. The smallest absolute Gasteiger partial charge is 0.377 e. The second kappa shape index (κ2) is 13.4. The van der Waals surface area contributed by atoms with Crippen LogP contribution in [0.3, 0.4) is 0 Å². The summed E-state index contributed by atoms with van der Waals surface area (Å²) in [5.74, 6) is -9.31. The Balaban J connectivity index is 1.65. The Hall–Kier alpha value is -4.94. The second-order valence-corrected chi connectivity index (χ2v) is 10.0. The predicted octanol–water partition coefficient (Wildman–Crippen LogP) is 3.48. The molecule has 1 amide bonds. The number of phenolic OH excluding ortho intramolecular Hbond substituents is 1. The molecule has 0 radical (unpaired) electrons. The zero-order chi connectivity index (χ0) is 31.1. The van der Waals surface area contributed by atoms with Gasteiger partial charge < -0.3 is 39.5 Å². The van der Waals surface area contributed by atoms with Crippen LogP contribution in [0.25, 0.3) is 0 Å². The van der Waals surface area contributed by atoms with E-state index in [4.69, 9.17) is 14.2 Å². The number of phenols is 1. The first-order valence-corrected chi connectivity index (χ1v) is 13.4. The van der Waals surface area contributed by atoms with Gasteiger partial charge in [-0.1, -0.05) is 54.6 Å². The van der Waals surface area contributed by atoms with Crippen LogP contribution in [0.4, 0.5) is 0 Å². The highest BCUT2D eigenvalue weighted by atomic mass is 16.8. The first kappa shape index (κ1) is 31.0. The van der Waals surface area contributed by atoms with Gasteiger partial charge in [-0.05, 0) is 55.2 Å². The fraction of sp³-hybridized carbons (Fsp3) is 0.290. The SMILES string of the molecule is CC(C(CCc1ccccc1)c1ccc(Oc2ccccc2)c(O)c1)N(CC(=O)O)C(=O)C1COC(C(=O)O)(C(=O)O)O1.